The van der Waals surface area contributed by atoms with E-state index in [2.05, 4.69) is 261 Å². The van der Waals surface area contributed by atoms with E-state index < -0.39 is 0 Å². The van der Waals surface area contributed by atoms with Gasteiger partial charge in [-0.05, 0) is 180 Å². The lowest BCUT2D eigenvalue weighted by Crippen LogP contribution is -1.93. The minimum atomic E-state index is 0.872. The molecule has 0 aliphatic heterocycles. The van der Waals surface area contributed by atoms with Crippen molar-refractivity contribution >= 4 is 119 Å². The highest BCUT2D eigenvalue weighted by molar-refractivity contribution is 6.30. The first kappa shape index (κ1) is 43.0. The first-order chi connectivity index (χ1) is 38.7. The van der Waals surface area contributed by atoms with Gasteiger partial charge in [-0.1, -0.05) is 218 Å². The topological polar surface area (TPSA) is 26.3 Å². The molecule has 78 heavy (non-hydrogen) atoms. The van der Waals surface area contributed by atoms with Crippen molar-refractivity contribution in [3.63, 3.8) is 0 Å². The number of benzene rings is 15. The summed E-state index contributed by atoms with van der Waals surface area (Å²) in [5, 5.41) is 21.6. The monoisotopic (exact) mass is 988 g/mol. The second-order valence-electron chi connectivity index (χ2n) is 20.9. The summed E-state index contributed by atoms with van der Waals surface area (Å²) < 4.78 is 13.3. The molecule has 0 saturated carbocycles. The van der Waals surface area contributed by atoms with Crippen molar-refractivity contribution in [1.29, 1.82) is 0 Å². The third kappa shape index (κ3) is 6.26. The summed E-state index contributed by atoms with van der Waals surface area (Å²) in [6.45, 7) is 0. The first-order valence-electron chi connectivity index (χ1n) is 26.9. The maximum atomic E-state index is 6.87. The first-order valence-corrected chi connectivity index (χ1v) is 26.9. The molecule has 2 heterocycles. The molecule has 17 aromatic rings. The standard InChI is InChI=1S/C76H44O2/c1-2-19-51-48(18-1)42-65(53-21-4-3-20-52(51)53)73-58-26-9-11-28-60(58)74(61-29-12-10-27-59(61)73)66-43-50(44-70-76(66)63-31-14-16-34-68(63)78-70)47-37-36-46-41-49(39-38-45(46)40-47)71-54-22-5-7-24-56(54)72(57-25-8-6-23-55(57)71)64-32-17-35-69-75(64)62-30-13-15-33-67(62)77-69/h1-44H. The molecule has 2 nitrogen and oxygen atoms in total. The van der Waals surface area contributed by atoms with Gasteiger partial charge in [-0.3, -0.25) is 0 Å². The maximum Gasteiger partial charge on any atom is 0.136 e. The van der Waals surface area contributed by atoms with Crippen LogP contribution in [-0.2, 0) is 0 Å². The molecule has 0 bridgehead atoms. The van der Waals surface area contributed by atoms with E-state index in [4.69, 9.17) is 8.83 Å². The van der Waals surface area contributed by atoms with Crippen LogP contribution in [0, 0.1) is 0 Å². The zero-order valence-corrected chi connectivity index (χ0v) is 42.2. The molecule has 0 aliphatic rings. The molecule has 17 rings (SSSR count). The normalized spacial score (nSPS) is 12.1. The van der Waals surface area contributed by atoms with Gasteiger partial charge in [0.2, 0.25) is 0 Å². The van der Waals surface area contributed by atoms with Gasteiger partial charge in [0.05, 0.1) is 0 Å². The SMILES string of the molecule is c1ccc2c(c1)cc(-c1c3ccccc3c(-c3cc(-c4ccc5cc(-c6c7ccccc7c(-c7cccc8oc9ccccc9c78)c7ccccc67)ccc5c4)cc4oc5ccccc5c34)c3ccccc13)c1ccccc12. The van der Waals surface area contributed by atoms with Crippen molar-refractivity contribution < 1.29 is 8.83 Å². The largest absolute Gasteiger partial charge is 0.456 e. The number of hydrogen-bond donors (Lipinski definition) is 0. The van der Waals surface area contributed by atoms with Gasteiger partial charge in [0.25, 0.3) is 0 Å². The average molecular weight is 989 g/mol. The van der Waals surface area contributed by atoms with Gasteiger partial charge in [0, 0.05) is 21.5 Å². The third-order valence-electron chi connectivity index (χ3n) is 16.8. The van der Waals surface area contributed by atoms with E-state index in [1.165, 1.54) is 114 Å². The van der Waals surface area contributed by atoms with Crippen LogP contribution in [0.2, 0.25) is 0 Å². The molecule has 0 unspecified atom stereocenters. The quantitative estimate of drug-likeness (QED) is 0.127. The highest BCUT2D eigenvalue weighted by Gasteiger charge is 2.24. The summed E-state index contributed by atoms with van der Waals surface area (Å²) in [5.41, 5.74) is 15.5. The molecule has 0 amide bonds. The lowest BCUT2D eigenvalue weighted by atomic mass is 9.82. The van der Waals surface area contributed by atoms with Crippen LogP contribution in [0.25, 0.3) is 175 Å². The van der Waals surface area contributed by atoms with Crippen molar-refractivity contribution in [3.05, 3.63) is 267 Å². The summed E-state index contributed by atoms with van der Waals surface area (Å²) in [6, 6.07) is 97.9. The molecule has 0 aliphatic carbocycles. The molecule has 15 aromatic carbocycles. The van der Waals surface area contributed by atoms with Gasteiger partial charge in [-0.2, -0.15) is 0 Å². The van der Waals surface area contributed by atoms with Crippen LogP contribution in [0.3, 0.4) is 0 Å². The fourth-order valence-corrected chi connectivity index (χ4v) is 13.5. The van der Waals surface area contributed by atoms with E-state index in [-0.39, 0.29) is 0 Å². The second kappa shape index (κ2) is 16.6. The Balaban J connectivity index is 0.857. The number of fused-ring (bicyclic) bond motifs is 14. The van der Waals surface area contributed by atoms with E-state index in [0.717, 1.165) is 60.6 Å². The number of para-hydroxylation sites is 2. The van der Waals surface area contributed by atoms with E-state index in [1.807, 2.05) is 6.07 Å². The van der Waals surface area contributed by atoms with E-state index >= 15 is 0 Å². The fourth-order valence-electron chi connectivity index (χ4n) is 13.5. The van der Waals surface area contributed by atoms with Crippen LogP contribution >= 0.6 is 0 Å². The van der Waals surface area contributed by atoms with Crippen LogP contribution < -0.4 is 0 Å². The Morgan fingerprint density at radius 1 is 0.179 bits per heavy atom. The molecule has 0 atom stereocenters. The molecular formula is C76H44O2. The smallest absolute Gasteiger partial charge is 0.136 e. The number of hydrogen-bond acceptors (Lipinski definition) is 2. The predicted molar refractivity (Wildman–Crippen MR) is 331 cm³/mol. The van der Waals surface area contributed by atoms with Gasteiger partial charge in [0.1, 0.15) is 22.3 Å². The molecule has 2 heteroatoms. The summed E-state index contributed by atoms with van der Waals surface area (Å²) in [6.07, 6.45) is 0. The average Bonchev–Trinajstić information content (AvgIpc) is 4.23. The van der Waals surface area contributed by atoms with Crippen molar-refractivity contribution in [2.45, 2.75) is 0 Å². The minimum absolute atomic E-state index is 0.872. The lowest BCUT2D eigenvalue weighted by Gasteiger charge is -2.20. The minimum Gasteiger partial charge on any atom is -0.456 e. The zero-order chi connectivity index (χ0) is 51.0. The van der Waals surface area contributed by atoms with Gasteiger partial charge < -0.3 is 8.83 Å². The van der Waals surface area contributed by atoms with Crippen LogP contribution in [0.4, 0.5) is 0 Å². The van der Waals surface area contributed by atoms with Crippen molar-refractivity contribution in [1.82, 2.24) is 0 Å². The molecule has 0 fully saturated rings. The third-order valence-corrected chi connectivity index (χ3v) is 16.8. The summed E-state index contributed by atoms with van der Waals surface area (Å²) >= 11 is 0. The molecular weight excluding hydrogens is 945 g/mol. The van der Waals surface area contributed by atoms with E-state index in [1.54, 1.807) is 0 Å². The predicted octanol–water partition coefficient (Wildman–Crippen LogP) is 21.9. The fraction of sp³-hybridized carbons (Fsp3) is 0. The summed E-state index contributed by atoms with van der Waals surface area (Å²) in [7, 11) is 0. The van der Waals surface area contributed by atoms with Crippen LogP contribution in [-0.4, -0.2) is 0 Å². The molecule has 360 valence electrons. The highest BCUT2D eigenvalue weighted by Crippen LogP contribution is 2.51. The Labute approximate surface area is 448 Å². The van der Waals surface area contributed by atoms with Crippen LogP contribution in [0.5, 0.6) is 0 Å². The van der Waals surface area contributed by atoms with Gasteiger partial charge >= 0.3 is 0 Å². The Hall–Kier alpha value is -10.3. The van der Waals surface area contributed by atoms with Crippen LogP contribution in [0.15, 0.2) is 276 Å². The van der Waals surface area contributed by atoms with Crippen molar-refractivity contribution in [2.75, 3.05) is 0 Å². The number of rotatable bonds is 5. The Morgan fingerprint density at radius 3 is 1.18 bits per heavy atom. The number of furan rings is 2. The Kier molecular flexibility index (Phi) is 9.16. The summed E-state index contributed by atoms with van der Waals surface area (Å²) in [4.78, 5) is 0. The molecule has 0 radical (unpaired) electrons. The Bertz CT molecular complexity index is 5280. The van der Waals surface area contributed by atoms with E-state index in [9.17, 15) is 0 Å². The van der Waals surface area contributed by atoms with Gasteiger partial charge in [0.15, 0.2) is 0 Å². The molecule has 0 N–H and O–H groups in total. The zero-order valence-electron chi connectivity index (χ0n) is 42.2. The second-order valence-corrected chi connectivity index (χ2v) is 20.9. The summed E-state index contributed by atoms with van der Waals surface area (Å²) in [5.74, 6) is 0. The van der Waals surface area contributed by atoms with E-state index in [0.29, 0.717) is 0 Å². The maximum absolute atomic E-state index is 6.87. The molecule has 0 saturated heterocycles. The van der Waals surface area contributed by atoms with Crippen molar-refractivity contribution in [3.8, 4) is 55.6 Å². The van der Waals surface area contributed by atoms with Gasteiger partial charge in [-0.15, -0.1) is 0 Å². The highest BCUT2D eigenvalue weighted by atomic mass is 16.3. The molecule has 0 spiro atoms. The molecule has 2 aromatic heterocycles. The lowest BCUT2D eigenvalue weighted by molar-refractivity contribution is 0.668. The van der Waals surface area contributed by atoms with Crippen molar-refractivity contribution in [2.24, 2.45) is 0 Å². The van der Waals surface area contributed by atoms with Crippen LogP contribution in [0.1, 0.15) is 0 Å². The van der Waals surface area contributed by atoms with Gasteiger partial charge in [-0.25, -0.2) is 0 Å². The Morgan fingerprint density at radius 2 is 0.590 bits per heavy atom.